The molecule has 0 heterocycles. The zero-order valence-corrected chi connectivity index (χ0v) is 8.94. The monoisotopic (exact) mass is 207 g/mol. The van der Waals surface area contributed by atoms with Crippen LogP contribution in [-0.2, 0) is 5.41 Å². The van der Waals surface area contributed by atoms with Gasteiger partial charge in [0.1, 0.15) is 12.0 Å². The number of hydrogen-bond acceptors (Lipinski definition) is 3. The summed E-state index contributed by atoms with van der Waals surface area (Å²) in [5.41, 5.74) is 6.83. The lowest BCUT2D eigenvalue weighted by Gasteiger charge is -2.17. The summed E-state index contributed by atoms with van der Waals surface area (Å²) in [6.45, 7) is 0. The van der Waals surface area contributed by atoms with E-state index in [9.17, 15) is 5.11 Å². The number of rotatable bonds is 4. The predicted molar refractivity (Wildman–Crippen MR) is 58.7 cm³/mol. The van der Waals surface area contributed by atoms with Crippen LogP contribution in [0.15, 0.2) is 24.3 Å². The zero-order valence-electron chi connectivity index (χ0n) is 8.94. The molecule has 0 aromatic heterocycles. The van der Waals surface area contributed by atoms with E-state index in [1.165, 1.54) is 5.56 Å². The van der Waals surface area contributed by atoms with E-state index in [2.05, 4.69) is 12.1 Å². The molecule has 15 heavy (non-hydrogen) atoms. The lowest BCUT2D eigenvalue weighted by Crippen LogP contribution is -2.25. The smallest absolute Gasteiger partial charge is 0.118 e. The normalized spacial score (nSPS) is 19.7. The van der Waals surface area contributed by atoms with Gasteiger partial charge in [0.2, 0.25) is 0 Å². The fraction of sp³-hybridized carbons (Fsp3) is 0.500. The van der Waals surface area contributed by atoms with Crippen molar-refractivity contribution in [2.75, 3.05) is 7.11 Å². The summed E-state index contributed by atoms with van der Waals surface area (Å²) in [6, 6.07) is 8.04. The second kappa shape index (κ2) is 3.83. The van der Waals surface area contributed by atoms with E-state index >= 15 is 0 Å². The quantitative estimate of drug-likeness (QED) is 0.734. The first-order valence-corrected chi connectivity index (χ1v) is 5.24. The highest BCUT2D eigenvalue weighted by Crippen LogP contribution is 2.51. The molecule has 1 aromatic carbocycles. The Labute approximate surface area is 89.9 Å². The third kappa shape index (κ3) is 2.13. The van der Waals surface area contributed by atoms with Crippen LogP contribution in [0.2, 0.25) is 0 Å². The van der Waals surface area contributed by atoms with Crippen molar-refractivity contribution < 1.29 is 9.84 Å². The molecule has 0 saturated heterocycles. The Bertz CT molecular complexity index is 328. The van der Waals surface area contributed by atoms with Crippen LogP contribution in [0.5, 0.6) is 5.75 Å². The first-order chi connectivity index (χ1) is 7.16. The molecule has 1 unspecified atom stereocenters. The molecule has 1 aliphatic rings. The van der Waals surface area contributed by atoms with Gasteiger partial charge in [-0.25, -0.2) is 0 Å². The molecule has 1 saturated carbocycles. The molecule has 1 atom stereocenters. The van der Waals surface area contributed by atoms with Crippen LogP contribution in [0.3, 0.4) is 0 Å². The molecular formula is C12H17NO2. The number of aliphatic hydroxyl groups is 1. The molecule has 0 bridgehead atoms. The second-order valence-electron chi connectivity index (χ2n) is 4.28. The Morgan fingerprint density at radius 1 is 1.40 bits per heavy atom. The second-order valence-corrected chi connectivity index (χ2v) is 4.28. The molecule has 1 aliphatic carbocycles. The SMILES string of the molecule is COc1ccc(C2(CC(N)O)CC2)cc1. The summed E-state index contributed by atoms with van der Waals surface area (Å²) < 4.78 is 5.11. The molecule has 82 valence electrons. The van der Waals surface area contributed by atoms with Crippen LogP contribution in [0.4, 0.5) is 0 Å². The van der Waals surface area contributed by atoms with Gasteiger partial charge in [0.25, 0.3) is 0 Å². The van der Waals surface area contributed by atoms with Gasteiger partial charge in [-0.1, -0.05) is 12.1 Å². The fourth-order valence-corrected chi connectivity index (χ4v) is 2.11. The van der Waals surface area contributed by atoms with Crippen LogP contribution in [0, 0.1) is 0 Å². The molecule has 3 heteroatoms. The van der Waals surface area contributed by atoms with Crippen molar-refractivity contribution in [3.05, 3.63) is 29.8 Å². The number of ether oxygens (including phenoxy) is 1. The largest absolute Gasteiger partial charge is 0.497 e. The summed E-state index contributed by atoms with van der Waals surface area (Å²) in [5.74, 6) is 0.864. The number of hydrogen-bond donors (Lipinski definition) is 2. The average molecular weight is 207 g/mol. The number of aliphatic hydroxyl groups excluding tert-OH is 1. The molecule has 0 aliphatic heterocycles. The van der Waals surface area contributed by atoms with Gasteiger partial charge in [-0.3, -0.25) is 0 Å². The van der Waals surface area contributed by atoms with E-state index < -0.39 is 6.23 Å². The molecule has 0 spiro atoms. The summed E-state index contributed by atoms with van der Waals surface area (Å²) in [7, 11) is 1.66. The van der Waals surface area contributed by atoms with Crippen LogP contribution in [0.1, 0.15) is 24.8 Å². The Balaban J connectivity index is 2.15. The van der Waals surface area contributed by atoms with Crippen molar-refractivity contribution in [1.29, 1.82) is 0 Å². The topological polar surface area (TPSA) is 55.5 Å². The van der Waals surface area contributed by atoms with Crippen molar-refractivity contribution in [2.24, 2.45) is 5.73 Å². The van der Waals surface area contributed by atoms with Crippen LogP contribution in [-0.4, -0.2) is 18.4 Å². The van der Waals surface area contributed by atoms with Crippen LogP contribution in [0.25, 0.3) is 0 Å². The molecule has 1 aromatic rings. The summed E-state index contributed by atoms with van der Waals surface area (Å²) in [4.78, 5) is 0. The minimum Gasteiger partial charge on any atom is -0.497 e. The molecule has 0 amide bonds. The first-order valence-electron chi connectivity index (χ1n) is 5.24. The minimum absolute atomic E-state index is 0.125. The highest BCUT2D eigenvalue weighted by molar-refractivity contribution is 5.36. The van der Waals surface area contributed by atoms with Gasteiger partial charge in [-0.15, -0.1) is 0 Å². The van der Waals surface area contributed by atoms with Gasteiger partial charge in [-0.2, -0.15) is 0 Å². The van der Waals surface area contributed by atoms with Crippen LogP contribution < -0.4 is 10.5 Å². The van der Waals surface area contributed by atoms with E-state index in [1.54, 1.807) is 7.11 Å². The van der Waals surface area contributed by atoms with Gasteiger partial charge in [-0.05, 0) is 42.4 Å². The fourth-order valence-electron chi connectivity index (χ4n) is 2.11. The Morgan fingerprint density at radius 2 is 2.00 bits per heavy atom. The molecule has 1 fully saturated rings. The third-order valence-corrected chi connectivity index (χ3v) is 3.16. The van der Waals surface area contributed by atoms with Crippen molar-refractivity contribution >= 4 is 0 Å². The minimum atomic E-state index is -0.713. The van der Waals surface area contributed by atoms with E-state index in [4.69, 9.17) is 10.5 Å². The predicted octanol–water partition coefficient (Wildman–Crippen LogP) is 1.39. The lowest BCUT2D eigenvalue weighted by atomic mass is 9.92. The molecule has 0 radical (unpaired) electrons. The maximum atomic E-state index is 9.24. The van der Waals surface area contributed by atoms with E-state index in [0.29, 0.717) is 6.42 Å². The maximum Gasteiger partial charge on any atom is 0.118 e. The maximum absolute atomic E-state index is 9.24. The molecular weight excluding hydrogens is 190 g/mol. The molecule has 3 nitrogen and oxygen atoms in total. The van der Waals surface area contributed by atoms with Gasteiger partial charge in [0.15, 0.2) is 0 Å². The van der Waals surface area contributed by atoms with Gasteiger partial charge in [0, 0.05) is 0 Å². The summed E-state index contributed by atoms with van der Waals surface area (Å²) >= 11 is 0. The third-order valence-electron chi connectivity index (χ3n) is 3.16. The van der Waals surface area contributed by atoms with E-state index in [1.807, 2.05) is 12.1 Å². The number of nitrogens with two attached hydrogens (primary N) is 1. The zero-order chi connectivity index (χ0) is 10.9. The van der Waals surface area contributed by atoms with Crippen LogP contribution >= 0.6 is 0 Å². The highest BCUT2D eigenvalue weighted by Gasteiger charge is 2.44. The standard InChI is InChI=1S/C12H17NO2/c1-15-10-4-2-9(3-5-10)12(6-7-12)8-11(13)14/h2-5,11,14H,6-8,13H2,1H3. The molecule has 3 N–H and O–H groups in total. The average Bonchev–Trinajstić information content (AvgIpc) is 2.98. The Hall–Kier alpha value is -1.06. The van der Waals surface area contributed by atoms with E-state index in [0.717, 1.165) is 18.6 Å². The van der Waals surface area contributed by atoms with Crippen molar-refractivity contribution in [2.45, 2.75) is 30.9 Å². The Kier molecular flexibility index (Phi) is 2.67. The molecule has 2 rings (SSSR count). The van der Waals surface area contributed by atoms with E-state index in [-0.39, 0.29) is 5.41 Å². The van der Waals surface area contributed by atoms with Crippen molar-refractivity contribution in [1.82, 2.24) is 0 Å². The number of benzene rings is 1. The van der Waals surface area contributed by atoms with Gasteiger partial charge >= 0.3 is 0 Å². The lowest BCUT2D eigenvalue weighted by molar-refractivity contribution is 0.158. The van der Waals surface area contributed by atoms with Gasteiger partial charge < -0.3 is 15.6 Å². The van der Waals surface area contributed by atoms with Crippen molar-refractivity contribution in [3.8, 4) is 5.75 Å². The van der Waals surface area contributed by atoms with Gasteiger partial charge in [0.05, 0.1) is 7.11 Å². The van der Waals surface area contributed by atoms with Crippen molar-refractivity contribution in [3.63, 3.8) is 0 Å². The Morgan fingerprint density at radius 3 is 2.40 bits per heavy atom. The first kappa shape index (κ1) is 10.5. The number of methoxy groups -OCH3 is 1. The summed E-state index contributed by atoms with van der Waals surface area (Å²) in [6.07, 6.45) is 2.18. The summed E-state index contributed by atoms with van der Waals surface area (Å²) in [5, 5.41) is 9.24. The highest BCUT2D eigenvalue weighted by atomic mass is 16.5.